The predicted octanol–water partition coefficient (Wildman–Crippen LogP) is 3.53. The number of pyridine rings is 1. The van der Waals surface area contributed by atoms with Crippen LogP contribution in [0.5, 0.6) is 0 Å². The summed E-state index contributed by atoms with van der Waals surface area (Å²) in [6, 6.07) is 5.27. The van der Waals surface area contributed by atoms with Gasteiger partial charge < -0.3 is 4.74 Å². The Bertz CT molecular complexity index is 888. The molecular weight excluding hydrogens is 328 g/mol. The molecule has 3 aromatic rings. The first kappa shape index (κ1) is 15.4. The van der Waals surface area contributed by atoms with E-state index >= 15 is 0 Å². The van der Waals surface area contributed by atoms with Crippen LogP contribution in [0.1, 0.15) is 17.5 Å². The maximum atomic E-state index is 13.8. The number of ether oxygens (including phenoxy) is 1. The van der Waals surface area contributed by atoms with E-state index in [1.54, 1.807) is 19.1 Å². The van der Waals surface area contributed by atoms with Gasteiger partial charge in [0.1, 0.15) is 22.2 Å². The van der Waals surface area contributed by atoms with Crippen LogP contribution in [0.2, 0.25) is 5.02 Å². The van der Waals surface area contributed by atoms with Crippen LogP contribution in [0.3, 0.4) is 0 Å². The van der Waals surface area contributed by atoms with Gasteiger partial charge >= 0.3 is 5.97 Å². The Labute approximate surface area is 134 Å². The van der Waals surface area contributed by atoms with E-state index in [4.69, 9.17) is 16.3 Å². The zero-order valence-electron chi connectivity index (χ0n) is 11.9. The number of fused-ring (bicyclic) bond motifs is 1. The van der Waals surface area contributed by atoms with Gasteiger partial charge in [0, 0.05) is 6.20 Å². The molecule has 0 saturated heterocycles. The summed E-state index contributed by atoms with van der Waals surface area (Å²) in [5.41, 5.74) is 0.705. The Hall–Kier alpha value is -2.54. The molecule has 0 spiro atoms. The standard InChI is InChI=1S/C15H10ClF2N3O2/c1-2-23-15(22)14-20-11-4-3-5-19-13(11)21(14)8-6-9(17)12(16)10(18)7-8/h3-7H,2H2,1H3. The summed E-state index contributed by atoms with van der Waals surface area (Å²) in [6.07, 6.45) is 1.48. The number of hydrogen-bond acceptors (Lipinski definition) is 4. The summed E-state index contributed by atoms with van der Waals surface area (Å²) in [7, 11) is 0. The maximum absolute atomic E-state index is 13.8. The molecule has 0 amide bonds. The van der Waals surface area contributed by atoms with Gasteiger partial charge in [0.25, 0.3) is 0 Å². The molecule has 0 radical (unpaired) electrons. The van der Waals surface area contributed by atoms with Crippen LogP contribution in [0.15, 0.2) is 30.5 Å². The van der Waals surface area contributed by atoms with Crippen LogP contribution in [0, 0.1) is 11.6 Å². The first-order valence-corrected chi connectivity index (χ1v) is 7.06. The topological polar surface area (TPSA) is 57.0 Å². The number of halogens is 3. The minimum Gasteiger partial charge on any atom is -0.460 e. The van der Waals surface area contributed by atoms with Gasteiger partial charge in [0.05, 0.1) is 12.3 Å². The highest BCUT2D eigenvalue weighted by atomic mass is 35.5. The van der Waals surface area contributed by atoms with Crippen LogP contribution in [0.25, 0.3) is 16.9 Å². The van der Waals surface area contributed by atoms with E-state index in [1.807, 2.05) is 0 Å². The third kappa shape index (κ3) is 2.63. The molecule has 2 heterocycles. The van der Waals surface area contributed by atoms with Crippen molar-refractivity contribution in [2.75, 3.05) is 6.61 Å². The summed E-state index contributed by atoms with van der Waals surface area (Å²) in [4.78, 5) is 20.4. The lowest BCUT2D eigenvalue weighted by atomic mass is 10.3. The van der Waals surface area contributed by atoms with Crippen molar-refractivity contribution in [2.45, 2.75) is 6.92 Å². The molecule has 3 rings (SSSR count). The molecular formula is C15H10ClF2N3O2. The van der Waals surface area contributed by atoms with Crippen LogP contribution in [-0.4, -0.2) is 27.1 Å². The number of rotatable bonds is 3. The molecule has 0 aliphatic carbocycles. The number of nitrogens with zero attached hydrogens (tertiary/aromatic N) is 3. The van der Waals surface area contributed by atoms with Crippen molar-refractivity contribution in [3.05, 3.63) is 52.9 Å². The smallest absolute Gasteiger partial charge is 0.375 e. The maximum Gasteiger partial charge on any atom is 0.375 e. The lowest BCUT2D eigenvalue weighted by Gasteiger charge is -2.09. The molecule has 0 aliphatic rings. The van der Waals surface area contributed by atoms with Crippen LogP contribution in [-0.2, 0) is 4.74 Å². The molecule has 0 saturated carbocycles. The zero-order chi connectivity index (χ0) is 16.6. The number of aromatic nitrogens is 3. The summed E-state index contributed by atoms with van der Waals surface area (Å²) >= 11 is 5.50. The highest BCUT2D eigenvalue weighted by Crippen LogP contribution is 2.26. The minimum atomic E-state index is -0.950. The predicted molar refractivity (Wildman–Crippen MR) is 79.7 cm³/mol. The van der Waals surface area contributed by atoms with Crippen molar-refractivity contribution in [1.82, 2.24) is 14.5 Å². The van der Waals surface area contributed by atoms with Gasteiger partial charge in [-0.25, -0.2) is 23.5 Å². The molecule has 8 heteroatoms. The summed E-state index contributed by atoms with van der Waals surface area (Å²) in [6.45, 7) is 1.78. The average Bonchev–Trinajstić information content (AvgIpc) is 2.92. The van der Waals surface area contributed by atoms with E-state index in [1.165, 1.54) is 10.8 Å². The van der Waals surface area contributed by atoms with Crippen molar-refractivity contribution in [2.24, 2.45) is 0 Å². The van der Waals surface area contributed by atoms with Crippen molar-refractivity contribution in [3.63, 3.8) is 0 Å². The van der Waals surface area contributed by atoms with E-state index in [9.17, 15) is 13.6 Å². The number of carbonyl (C=O) groups excluding carboxylic acids is 1. The second kappa shape index (κ2) is 5.92. The fourth-order valence-electron chi connectivity index (χ4n) is 2.16. The van der Waals surface area contributed by atoms with Gasteiger partial charge in [-0.3, -0.25) is 4.57 Å². The summed E-state index contributed by atoms with van der Waals surface area (Å²) < 4.78 is 33.7. The zero-order valence-corrected chi connectivity index (χ0v) is 12.6. The van der Waals surface area contributed by atoms with E-state index in [0.29, 0.717) is 5.52 Å². The monoisotopic (exact) mass is 337 g/mol. The molecule has 0 unspecified atom stereocenters. The second-order valence-corrected chi connectivity index (χ2v) is 4.94. The van der Waals surface area contributed by atoms with Gasteiger partial charge in [-0.2, -0.15) is 0 Å². The van der Waals surface area contributed by atoms with E-state index in [-0.39, 0.29) is 23.8 Å². The largest absolute Gasteiger partial charge is 0.460 e. The number of carbonyl (C=O) groups is 1. The van der Waals surface area contributed by atoms with Gasteiger partial charge in [0.2, 0.25) is 5.82 Å². The molecule has 118 valence electrons. The molecule has 0 aliphatic heterocycles. The SMILES string of the molecule is CCOC(=O)c1nc2cccnc2n1-c1cc(F)c(Cl)c(F)c1. The Morgan fingerprint density at radius 2 is 2.04 bits per heavy atom. The number of imidazole rings is 1. The lowest BCUT2D eigenvalue weighted by molar-refractivity contribution is 0.0510. The quantitative estimate of drug-likeness (QED) is 0.542. The third-order valence-corrected chi connectivity index (χ3v) is 3.46. The molecule has 0 fully saturated rings. The molecule has 1 aromatic carbocycles. The third-order valence-electron chi connectivity index (χ3n) is 3.10. The van der Waals surface area contributed by atoms with E-state index in [2.05, 4.69) is 9.97 Å². The molecule has 0 bridgehead atoms. The fraction of sp³-hybridized carbons (Fsp3) is 0.133. The highest BCUT2D eigenvalue weighted by molar-refractivity contribution is 6.30. The fourth-order valence-corrected chi connectivity index (χ4v) is 2.27. The lowest BCUT2D eigenvalue weighted by Crippen LogP contribution is -2.13. The highest BCUT2D eigenvalue weighted by Gasteiger charge is 2.22. The molecule has 5 nitrogen and oxygen atoms in total. The molecule has 0 atom stereocenters. The van der Waals surface area contributed by atoms with Crippen LogP contribution < -0.4 is 0 Å². The second-order valence-electron chi connectivity index (χ2n) is 4.56. The molecule has 2 aromatic heterocycles. The van der Waals surface area contributed by atoms with Crippen molar-refractivity contribution in [3.8, 4) is 5.69 Å². The van der Waals surface area contributed by atoms with Crippen LogP contribution in [0.4, 0.5) is 8.78 Å². The van der Waals surface area contributed by atoms with Gasteiger partial charge in [-0.1, -0.05) is 11.6 Å². The van der Waals surface area contributed by atoms with Gasteiger partial charge in [0.15, 0.2) is 5.65 Å². The minimum absolute atomic E-state index is 0.0358. The molecule has 0 N–H and O–H groups in total. The van der Waals surface area contributed by atoms with Crippen molar-refractivity contribution in [1.29, 1.82) is 0 Å². The first-order chi connectivity index (χ1) is 11.0. The van der Waals surface area contributed by atoms with Crippen LogP contribution >= 0.6 is 11.6 Å². The summed E-state index contributed by atoms with van der Waals surface area (Å²) in [5.74, 6) is -2.74. The van der Waals surface area contributed by atoms with Gasteiger partial charge in [-0.15, -0.1) is 0 Å². The number of benzene rings is 1. The van der Waals surface area contributed by atoms with Crippen molar-refractivity contribution >= 4 is 28.7 Å². The van der Waals surface area contributed by atoms with E-state index < -0.39 is 22.6 Å². The summed E-state index contributed by atoms with van der Waals surface area (Å²) in [5, 5.41) is -0.621. The first-order valence-electron chi connectivity index (χ1n) is 6.68. The molecule has 23 heavy (non-hydrogen) atoms. The Morgan fingerprint density at radius 3 is 2.70 bits per heavy atom. The van der Waals surface area contributed by atoms with Gasteiger partial charge in [-0.05, 0) is 31.2 Å². The number of hydrogen-bond donors (Lipinski definition) is 0. The normalized spacial score (nSPS) is 11.0. The Kier molecular flexibility index (Phi) is 3.96. The van der Waals surface area contributed by atoms with Crippen molar-refractivity contribution < 1.29 is 18.3 Å². The Morgan fingerprint density at radius 1 is 1.35 bits per heavy atom. The Balaban J connectivity index is 2.30. The van der Waals surface area contributed by atoms with E-state index in [0.717, 1.165) is 12.1 Å². The number of esters is 1. The average molecular weight is 338 g/mol.